The van der Waals surface area contributed by atoms with Crippen molar-refractivity contribution in [2.24, 2.45) is 5.11 Å². The minimum atomic E-state index is -0.538. The van der Waals surface area contributed by atoms with Crippen molar-refractivity contribution < 1.29 is 19.3 Å². The molecule has 0 aliphatic rings. The lowest BCUT2D eigenvalue weighted by molar-refractivity contribution is 0.00616. The number of hydrogen-bond donors (Lipinski definition) is 1. The van der Waals surface area contributed by atoms with E-state index in [-0.39, 0.29) is 13.2 Å². The van der Waals surface area contributed by atoms with E-state index < -0.39 is 6.04 Å². The maximum Gasteiger partial charge on any atom is 0.0838 e. The van der Waals surface area contributed by atoms with Gasteiger partial charge in [-0.15, -0.1) is 0 Å². The molecule has 0 aromatic heterocycles. The van der Waals surface area contributed by atoms with Crippen LogP contribution in [-0.2, 0) is 20.8 Å². The third-order valence-corrected chi connectivity index (χ3v) is 2.59. The summed E-state index contributed by atoms with van der Waals surface area (Å²) in [5.74, 6) is 0. The van der Waals surface area contributed by atoms with Crippen LogP contribution < -0.4 is 0 Å². The van der Waals surface area contributed by atoms with Gasteiger partial charge in [0.2, 0.25) is 0 Å². The maximum atomic E-state index is 8.86. The van der Waals surface area contributed by atoms with Crippen LogP contribution in [0, 0.1) is 0 Å². The molecule has 0 saturated carbocycles. The van der Waals surface area contributed by atoms with Crippen molar-refractivity contribution >= 4 is 0 Å². The number of rotatable bonds is 12. The van der Waals surface area contributed by atoms with Gasteiger partial charge in [-0.05, 0) is 11.1 Å². The molecule has 0 spiro atoms. The SMILES string of the molecule is [N-]=[N+]=N[C@@H](CO)COCCOCCOCc1ccccc1. The average Bonchev–Trinajstić information content (AvgIpc) is 2.53. The fourth-order valence-corrected chi connectivity index (χ4v) is 1.52. The summed E-state index contributed by atoms with van der Waals surface area (Å²) in [5, 5.41) is 12.2. The molecule has 7 heteroatoms. The van der Waals surface area contributed by atoms with Gasteiger partial charge >= 0.3 is 0 Å². The van der Waals surface area contributed by atoms with E-state index in [4.69, 9.17) is 24.8 Å². The molecule has 0 bridgehead atoms. The molecule has 1 aromatic carbocycles. The molecule has 1 aromatic rings. The van der Waals surface area contributed by atoms with E-state index in [0.717, 1.165) is 5.56 Å². The third-order valence-electron chi connectivity index (χ3n) is 2.59. The van der Waals surface area contributed by atoms with Crippen molar-refractivity contribution in [1.29, 1.82) is 0 Å². The van der Waals surface area contributed by atoms with Crippen molar-refractivity contribution in [2.75, 3.05) is 39.6 Å². The van der Waals surface area contributed by atoms with Crippen LogP contribution in [0.3, 0.4) is 0 Å². The van der Waals surface area contributed by atoms with Crippen LogP contribution in [0.15, 0.2) is 35.4 Å². The summed E-state index contributed by atoms with van der Waals surface area (Å²) < 4.78 is 16.0. The summed E-state index contributed by atoms with van der Waals surface area (Å²) >= 11 is 0. The van der Waals surface area contributed by atoms with Crippen LogP contribution in [0.5, 0.6) is 0 Å². The van der Waals surface area contributed by atoms with E-state index in [2.05, 4.69) is 10.0 Å². The smallest absolute Gasteiger partial charge is 0.0838 e. The molecule has 0 fully saturated rings. The van der Waals surface area contributed by atoms with Crippen LogP contribution in [0.2, 0.25) is 0 Å². The molecule has 1 atom stereocenters. The van der Waals surface area contributed by atoms with E-state index in [1.54, 1.807) is 0 Å². The lowest BCUT2D eigenvalue weighted by atomic mass is 10.2. The molecular formula is C14H21N3O4. The highest BCUT2D eigenvalue weighted by atomic mass is 16.5. The first kappa shape index (κ1) is 17.4. The average molecular weight is 295 g/mol. The lowest BCUT2D eigenvalue weighted by Gasteiger charge is -2.09. The Hall–Kier alpha value is -1.63. The van der Waals surface area contributed by atoms with Crippen molar-refractivity contribution in [3.8, 4) is 0 Å². The second-order valence-corrected chi connectivity index (χ2v) is 4.27. The monoisotopic (exact) mass is 295 g/mol. The number of ether oxygens (including phenoxy) is 3. The first-order valence-corrected chi connectivity index (χ1v) is 6.79. The van der Waals surface area contributed by atoms with Crippen molar-refractivity contribution in [1.82, 2.24) is 0 Å². The number of aliphatic hydroxyl groups excluding tert-OH is 1. The van der Waals surface area contributed by atoms with E-state index in [1.807, 2.05) is 30.3 Å². The van der Waals surface area contributed by atoms with Crippen LogP contribution in [0.25, 0.3) is 10.4 Å². The first-order chi connectivity index (χ1) is 10.4. The molecule has 0 aliphatic carbocycles. The summed E-state index contributed by atoms with van der Waals surface area (Å²) in [6.07, 6.45) is 0. The number of nitrogens with zero attached hydrogens (tertiary/aromatic N) is 3. The first-order valence-electron chi connectivity index (χ1n) is 6.79. The van der Waals surface area contributed by atoms with Gasteiger partial charge in [0.25, 0.3) is 0 Å². The number of aliphatic hydroxyl groups is 1. The van der Waals surface area contributed by atoms with Crippen molar-refractivity contribution in [3.63, 3.8) is 0 Å². The van der Waals surface area contributed by atoms with E-state index in [0.29, 0.717) is 33.0 Å². The molecule has 0 heterocycles. The Morgan fingerprint density at radius 3 is 2.38 bits per heavy atom. The maximum absolute atomic E-state index is 8.86. The van der Waals surface area contributed by atoms with Gasteiger partial charge in [-0.25, -0.2) is 0 Å². The zero-order chi connectivity index (χ0) is 15.2. The summed E-state index contributed by atoms with van der Waals surface area (Å²) in [6, 6.07) is 9.40. The Bertz CT molecular complexity index is 410. The topological polar surface area (TPSA) is 96.7 Å². The Balaban J connectivity index is 1.90. The summed E-state index contributed by atoms with van der Waals surface area (Å²) in [5.41, 5.74) is 9.36. The molecule has 0 saturated heterocycles. The highest BCUT2D eigenvalue weighted by Crippen LogP contribution is 2.00. The van der Waals surface area contributed by atoms with Gasteiger partial charge in [-0.2, -0.15) is 0 Å². The molecule has 21 heavy (non-hydrogen) atoms. The van der Waals surface area contributed by atoms with E-state index in [9.17, 15) is 0 Å². The predicted octanol–water partition coefficient (Wildman–Crippen LogP) is 1.91. The highest BCUT2D eigenvalue weighted by Gasteiger charge is 2.03. The van der Waals surface area contributed by atoms with Gasteiger partial charge < -0.3 is 19.3 Å². The van der Waals surface area contributed by atoms with E-state index in [1.165, 1.54) is 0 Å². The molecule has 1 rings (SSSR count). The quantitative estimate of drug-likeness (QED) is 0.276. The lowest BCUT2D eigenvalue weighted by Crippen LogP contribution is -2.19. The fourth-order valence-electron chi connectivity index (χ4n) is 1.52. The normalized spacial score (nSPS) is 11.9. The van der Waals surface area contributed by atoms with Gasteiger partial charge in [0, 0.05) is 4.91 Å². The van der Waals surface area contributed by atoms with Crippen LogP contribution in [0.4, 0.5) is 0 Å². The van der Waals surface area contributed by atoms with Gasteiger partial charge in [0.1, 0.15) is 0 Å². The minimum absolute atomic E-state index is 0.189. The zero-order valence-electron chi connectivity index (χ0n) is 11.9. The number of hydrogen-bond acceptors (Lipinski definition) is 5. The van der Waals surface area contributed by atoms with Crippen molar-refractivity contribution in [3.05, 3.63) is 46.3 Å². The Morgan fingerprint density at radius 1 is 1.05 bits per heavy atom. The highest BCUT2D eigenvalue weighted by molar-refractivity contribution is 5.13. The second kappa shape index (κ2) is 12.1. The van der Waals surface area contributed by atoms with Crippen LogP contribution in [-0.4, -0.2) is 50.8 Å². The van der Waals surface area contributed by atoms with Gasteiger partial charge in [0.05, 0.1) is 52.3 Å². The minimum Gasteiger partial charge on any atom is -0.396 e. The molecule has 116 valence electrons. The predicted molar refractivity (Wildman–Crippen MR) is 77.8 cm³/mol. The van der Waals surface area contributed by atoms with Crippen LogP contribution in [0.1, 0.15) is 5.56 Å². The molecule has 0 unspecified atom stereocenters. The number of benzene rings is 1. The molecule has 0 radical (unpaired) electrons. The molecular weight excluding hydrogens is 274 g/mol. The molecule has 0 amide bonds. The van der Waals surface area contributed by atoms with Gasteiger partial charge in [0.15, 0.2) is 0 Å². The second-order valence-electron chi connectivity index (χ2n) is 4.27. The standard InChI is InChI=1S/C14H21N3O4/c15-17-16-14(10-18)12-21-9-7-19-6-8-20-11-13-4-2-1-3-5-13/h1-5,14,18H,6-12H2/t14-/m0/s1. The summed E-state index contributed by atoms with van der Waals surface area (Å²) in [6.45, 7) is 2.37. The Kier molecular flexibility index (Phi) is 10.1. The Morgan fingerprint density at radius 2 is 1.71 bits per heavy atom. The van der Waals surface area contributed by atoms with Crippen LogP contribution >= 0.6 is 0 Å². The van der Waals surface area contributed by atoms with Gasteiger partial charge in [-0.1, -0.05) is 35.4 Å². The summed E-state index contributed by atoms with van der Waals surface area (Å²) in [7, 11) is 0. The van der Waals surface area contributed by atoms with Gasteiger partial charge in [-0.3, -0.25) is 0 Å². The molecule has 1 N–H and O–H groups in total. The molecule has 7 nitrogen and oxygen atoms in total. The zero-order valence-corrected chi connectivity index (χ0v) is 11.9. The van der Waals surface area contributed by atoms with Crippen molar-refractivity contribution in [2.45, 2.75) is 12.6 Å². The molecule has 0 aliphatic heterocycles. The number of azide groups is 1. The Labute approximate surface area is 124 Å². The third kappa shape index (κ3) is 9.01. The van der Waals surface area contributed by atoms with E-state index >= 15 is 0 Å². The fraction of sp³-hybridized carbons (Fsp3) is 0.571. The summed E-state index contributed by atoms with van der Waals surface area (Å²) in [4.78, 5) is 2.62. The largest absolute Gasteiger partial charge is 0.396 e.